The lowest BCUT2D eigenvalue weighted by Gasteiger charge is -2.28. The minimum absolute atomic E-state index is 0.313. The zero-order valence-corrected chi connectivity index (χ0v) is 18.0. The highest BCUT2D eigenvalue weighted by molar-refractivity contribution is 8.18. The Morgan fingerprint density at radius 2 is 1.81 bits per heavy atom. The van der Waals surface area contributed by atoms with E-state index in [4.69, 9.17) is 4.74 Å². The van der Waals surface area contributed by atoms with E-state index in [9.17, 15) is 14.4 Å². The van der Waals surface area contributed by atoms with Crippen LogP contribution in [-0.4, -0.2) is 54.8 Å². The van der Waals surface area contributed by atoms with Crippen molar-refractivity contribution in [1.29, 1.82) is 0 Å². The van der Waals surface area contributed by atoms with E-state index in [-0.39, 0.29) is 6.54 Å². The molecule has 0 atom stereocenters. The van der Waals surface area contributed by atoms with Crippen LogP contribution in [0.2, 0.25) is 0 Å². The van der Waals surface area contributed by atoms with E-state index in [1.54, 1.807) is 12.1 Å². The van der Waals surface area contributed by atoms with E-state index in [1.807, 2.05) is 49.4 Å². The molecular weight excluding hydrogens is 414 g/mol. The maximum Gasteiger partial charge on any atom is 0.294 e. The molecule has 0 unspecified atom stereocenters. The molecule has 0 saturated carbocycles. The quantitative estimate of drug-likeness (QED) is 0.722. The van der Waals surface area contributed by atoms with Gasteiger partial charge in [-0.15, -0.1) is 0 Å². The number of amides is 3. The smallest absolute Gasteiger partial charge is 0.294 e. The lowest BCUT2D eigenvalue weighted by Crippen LogP contribution is -2.36. The van der Waals surface area contributed by atoms with Crippen LogP contribution in [0.3, 0.4) is 0 Å². The lowest BCUT2D eigenvalue weighted by atomic mass is 10.1. The van der Waals surface area contributed by atoms with Gasteiger partial charge >= 0.3 is 0 Å². The lowest BCUT2D eigenvalue weighted by molar-refractivity contribution is -0.127. The molecule has 7 nitrogen and oxygen atoms in total. The first-order valence-corrected chi connectivity index (χ1v) is 10.9. The van der Waals surface area contributed by atoms with Crippen molar-refractivity contribution in [2.75, 3.05) is 43.1 Å². The predicted octanol–water partition coefficient (Wildman–Crippen LogP) is 3.51. The number of anilines is 2. The molecule has 31 heavy (non-hydrogen) atoms. The predicted molar refractivity (Wildman–Crippen MR) is 122 cm³/mol. The fourth-order valence-electron chi connectivity index (χ4n) is 3.44. The number of carbonyl (C=O) groups is 3. The summed E-state index contributed by atoms with van der Waals surface area (Å²) in [5.74, 6) is -0.861. The summed E-state index contributed by atoms with van der Waals surface area (Å²) in [4.78, 5) is 40.9. The van der Waals surface area contributed by atoms with Crippen LogP contribution in [0.4, 0.5) is 16.2 Å². The van der Waals surface area contributed by atoms with Crippen LogP contribution in [0.25, 0.3) is 6.08 Å². The Hall–Kier alpha value is -3.10. The summed E-state index contributed by atoms with van der Waals surface area (Å²) < 4.78 is 5.38. The van der Waals surface area contributed by atoms with Crippen LogP contribution in [0.1, 0.15) is 11.1 Å². The van der Waals surface area contributed by atoms with Crippen molar-refractivity contribution in [3.05, 3.63) is 64.6 Å². The van der Waals surface area contributed by atoms with E-state index in [1.165, 1.54) is 0 Å². The second-order valence-electron chi connectivity index (χ2n) is 7.32. The van der Waals surface area contributed by atoms with Gasteiger partial charge < -0.3 is 15.0 Å². The summed E-state index contributed by atoms with van der Waals surface area (Å²) in [7, 11) is 0. The first-order chi connectivity index (χ1) is 15.0. The van der Waals surface area contributed by atoms with Crippen LogP contribution in [0.15, 0.2) is 53.4 Å². The third-order valence-corrected chi connectivity index (χ3v) is 6.07. The molecule has 2 aliphatic heterocycles. The molecular formula is C23H23N3O4S. The number of ether oxygens (including phenoxy) is 1. The molecule has 2 heterocycles. The molecule has 0 spiro atoms. The fourth-order valence-corrected chi connectivity index (χ4v) is 4.28. The molecule has 2 saturated heterocycles. The Morgan fingerprint density at radius 1 is 1.10 bits per heavy atom. The molecule has 2 aliphatic rings. The number of aryl methyl sites for hydroxylation is 1. The van der Waals surface area contributed by atoms with Gasteiger partial charge in [-0.25, -0.2) is 0 Å². The number of carbonyl (C=O) groups excluding carboxylic acids is 3. The van der Waals surface area contributed by atoms with Gasteiger partial charge in [0.1, 0.15) is 6.54 Å². The third kappa shape index (κ3) is 4.98. The minimum atomic E-state index is -0.452. The summed E-state index contributed by atoms with van der Waals surface area (Å²) in [5.41, 5.74) is 3.49. The Labute approximate surface area is 185 Å². The average molecular weight is 438 g/mol. The molecule has 0 aliphatic carbocycles. The second-order valence-corrected chi connectivity index (χ2v) is 8.32. The number of thioether (sulfide) groups is 1. The van der Waals surface area contributed by atoms with Crippen LogP contribution >= 0.6 is 11.8 Å². The van der Waals surface area contributed by atoms with Crippen molar-refractivity contribution < 1.29 is 19.1 Å². The second kappa shape index (κ2) is 9.36. The zero-order valence-electron chi connectivity index (χ0n) is 17.2. The maximum absolute atomic E-state index is 12.7. The van der Waals surface area contributed by atoms with Crippen molar-refractivity contribution >= 4 is 46.3 Å². The van der Waals surface area contributed by atoms with E-state index >= 15 is 0 Å². The highest BCUT2D eigenvalue weighted by atomic mass is 32.2. The fraction of sp³-hybridized carbons (Fsp3) is 0.261. The van der Waals surface area contributed by atoms with E-state index in [2.05, 4.69) is 10.2 Å². The van der Waals surface area contributed by atoms with Crippen molar-refractivity contribution in [3.8, 4) is 0 Å². The summed E-state index contributed by atoms with van der Waals surface area (Å²) in [6.07, 6.45) is 1.69. The van der Waals surface area contributed by atoms with Crippen molar-refractivity contribution in [1.82, 2.24) is 4.90 Å². The molecule has 4 rings (SSSR count). The number of benzene rings is 2. The number of rotatable bonds is 5. The molecule has 1 N–H and O–H groups in total. The zero-order chi connectivity index (χ0) is 21.8. The molecule has 2 fully saturated rings. The maximum atomic E-state index is 12.7. The van der Waals surface area contributed by atoms with E-state index in [0.29, 0.717) is 23.8 Å². The summed E-state index contributed by atoms with van der Waals surface area (Å²) in [6.45, 7) is 4.69. The molecule has 2 aromatic rings. The first kappa shape index (κ1) is 21.1. The van der Waals surface area contributed by atoms with Crippen LogP contribution < -0.4 is 10.2 Å². The van der Waals surface area contributed by atoms with Crippen LogP contribution in [0.5, 0.6) is 0 Å². The van der Waals surface area contributed by atoms with Gasteiger partial charge in [-0.3, -0.25) is 19.3 Å². The van der Waals surface area contributed by atoms with Gasteiger partial charge in [0.2, 0.25) is 5.91 Å². The molecule has 8 heteroatoms. The van der Waals surface area contributed by atoms with Gasteiger partial charge in [0, 0.05) is 24.5 Å². The Bertz CT molecular complexity index is 1030. The molecule has 0 radical (unpaired) electrons. The number of hydrogen-bond acceptors (Lipinski definition) is 6. The van der Waals surface area contributed by atoms with Crippen molar-refractivity contribution in [3.63, 3.8) is 0 Å². The highest BCUT2D eigenvalue weighted by Gasteiger charge is 2.36. The molecule has 0 aromatic heterocycles. The standard InChI is InChI=1S/C23H23N3O4S/c1-16-4-2-3-5-19(16)24-21(27)15-26-22(28)20(31-23(26)29)14-17-6-8-18(9-7-17)25-10-12-30-13-11-25/h2-9,14H,10-13,15H2,1H3,(H,24,27)/b20-14-. The van der Waals surface area contributed by atoms with Crippen molar-refractivity contribution in [2.24, 2.45) is 0 Å². The average Bonchev–Trinajstić information content (AvgIpc) is 3.04. The molecule has 0 bridgehead atoms. The Kier molecular flexibility index (Phi) is 6.39. The molecule has 160 valence electrons. The molecule has 2 aromatic carbocycles. The number of morpholine rings is 1. The van der Waals surface area contributed by atoms with Gasteiger partial charge in [-0.2, -0.15) is 0 Å². The number of para-hydroxylation sites is 1. The SMILES string of the molecule is Cc1ccccc1NC(=O)CN1C(=O)S/C(=C\c2ccc(N3CCOCC3)cc2)C1=O. The third-order valence-electron chi connectivity index (χ3n) is 5.16. The van der Waals surface area contributed by atoms with Crippen molar-refractivity contribution in [2.45, 2.75) is 6.92 Å². The number of hydrogen-bond donors (Lipinski definition) is 1. The number of nitrogens with zero attached hydrogens (tertiary/aromatic N) is 2. The van der Waals surface area contributed by atoms with E-state index in [0.717, 1.165) is 46.6 Å². The van der Waals surface area contributed by atoms with Crippen LogP contribution in [0, 0.1) is 6.92 Å². The topological polar surface area (TPSA) is 79.0 Å². The number of imide groups is 1. The van der Waals surface area contributed by atoms with Gasteiger partial charge in [-0.05, 0) is 54.1 Å². The molecule has 3 amide bonds. The Morgan fingerprint density at radius 3 is 2.52 bits per heavy atom. The largest absolute Gasteiger partial charge is 0.378 e. The summed E-state index contributed by atoms with van der Waals surface area (Å²) >= 11 is 0.852. The van der Waals surface area contributed by atoms with Gasteiger partial charge in [0.05, 0.1) is 18.1 Å². The summed E-state index contributed by atoms with van der Waals surface area (Å²) in [5, 5.41) is 2.31. The first-order valence-electron chi connectivity index (χ1n) is 10.0. The van der Waals surface area contributed by atoms with Gasteiger partial charge in [0.25, 0.3) is 11.1 Å². The number of nitrogens with one attached hydrogen (secondary N) is 1. The van der Waals surface area contributed by atoms with E-state index < -0.39 is 17.1 Å². The summed E-state index contributed by atoms with van der Waals surface area (Å²) in [6, 6.07) is 15.2. The van der Waals surface area contributed by atoms with Crippen LogP contribution in [-0.2, 0) is 14.3 Å². The Balaban J connectivity index is 1.41. The van der Waals surface area contributed by atoms with Gasteiger partial charge in [0.15, 0.2) is 0 Å². The highest BCUT2D eigenvalue weighted by Crippen LogP contribution is 2.32. The minimum Gasteiger partial charge on any atom is -0.378 e. The van der Waals surface area contributed by atoms with Gasteiger partial charge in [-0.1, -0.05) is 30.3 Å². The normalized spacial score (nSPS) is 18.0. The monoisotopic (exact) mass is 437 g/mol.